The van der Waals surface area contributed by atoms with E-state index in [1.165, 1.54) is 6.20 Å². The van der Waals surface area contributed by atoms with Crippen molar-refractivity contribution in [3.8, 4) is 5.75 Å². The molecule has 1 aromatic carbocycles. The number of nitrogens with one attached hydrogen (secondary N) is 2. The Bertz CT molecular complexity index is 582. The second kappa shape index (κ2) is 5.90. The lowest BCUT2D eigenvalue weighted by atomic mass is 10.0. The van der Waals surface area contributed by atoms with Gasteiger partial charge in [-0.3, -0.25) is 4.98 Å². The predicted octanol–water partition coefficient (Wildman–Crippen LogP) is 2.02. The summed E-state index contributed by atoms with van der Waals surface area (Å²) in [6, 6.07) is 10.0. The third-order valence-corrected chi connectivity index (χ3v) is 2.40. The lowest BCUT2D eigenvalue weighted by Crippen LogP contribution is -2.20. The number of urea groups is 1. The van der Waals surface area contributed by atoms with Crippen LogP contribution in [0.2, 0.25) is 0 Å². The van der Waals surface area contributed by atoms with Crippen molar-refractivity contribution in [2.75, 3.05) is 17.7 Å². The zero-order valence-corrected chi connectivity index (χ0v) is 10.4. The van der Waals surface area contributed by atoms with Crippen LogP contribution in [0.3, 0.4) is 0 Å². The minimum Gasteiger partial charge on any atom is -0.495 e. The van der Waals surface area contributed by atoms with Crippen molar-refractivity contribution in [1.29, 1.82) is 0 Å². The zero-order chi connectivity index (χ0) is 13.7. The lowest BCUT2D eigenvalue weighted by molar-refractivity contribution is 0.262. The topological polar surface area (TPSA) is 63.2 Å². The maximum Gasteiger partial charge on any atom is 0.323 e. The molecule has 0 unspecified atom stereocenters. The summed E-state index contributed by atoms with van der Waals surface area (Å²) in [6.45, 7) is 0. The molecule has 2 N–H and O–H groups in total. The fourth-order valence-electron chi connectivity index (χ4n) is 1.51. The number of para-hydroxylation sites is 2. The van der Waals surface area contributed by atoms with Crippen molar-refractivity contribution in [3.63, 3.8) is 0 Å². The molecule has 2 amide bonds. The fourth-order valence-corrected chi connectivity index (χ4v) is 1.51. The van der Waals surface area contributed by atoms with Crippen LogP contribution in [0.15, 0.2) is 42.6 Å². The number of aromatic nitrogens is 1. The van der Waals surface area contributed by atoms with E-state index in [0.29, 0.717) is 22.7 Å². The molecule has 0 aliphatic rings. The molecule has 2 aromatic rings. The number of carbonyl (C=O) groups is 1. The van der Waals surface area contributed by atoms with E-state index in [-0.39, 0.29) is 8.88 Å². The number of ether oxygens (including phenoxy) is 1. The van der Waals surface area contributed by atoms with Crippen LogP contribution in [0.4, 0.5) is 16.2 Å². The fraction of sp³-hybridized carbons (Fsp3) is 0.0769. The summed E-state index contributed by atoms with van der Waals surface area (Å²) in [5.74, 6) is 0.591. The molecule has 2 rings (SSSR count). The highest BCUT2D eigenvalue weighted by molar-refractivity contribution is 6.30. The second-order valence-corrected chi connectivity index (χ2v) is 3.75. The van der Waals surface area contributed by atoms with E-state index in [0.717, 1.165) is 0 Å². The molecule has 0 aliphatic carbocycles. The molecule has 0 fully saturated rings. The number of rotatable bonds is 3. The standard InChI is InChI=1S/C13H12BN3O2.2H2/c1-19-11-5-3-2-4-10(11)17-13(18)16-9-6-7-12(14)15-8-9;;/h2-8H,1H3,(H2,16,17,18);2*1H. The minimum absolute atomic E-state index is 0. The Morgan fingerprint density at radius 2 is 2.05 bits per heavy atom. The van der Waals surface area contributed by atoms with Gasteiger partial charge in [-0.15, -0.1) is 0 Å². The van der Waals surface area contributed by atoms with Crippen LogP contribution in [0.25, 0.3) is 0 Å². The van der Waals surface area contributed by atoms with E-state index in [1.807, 2.05) is 12.1 Å². The maximum atomic E-state index is 11.8. The minimum atomic E-state index is -0.379. The molecule has 1 heterocycles. The van der Waals surface area contributed by atoms with Crippen molar-refractivity contribution < 1.29 is 12.4 Å². The SMILES string of the molecule is [B]c1ccc(NC(=O)Nc2ccccc2OC)cn1.[HH].[HH]. The van der Waals surface area contributed by atoms with Crippen LogP contribution in [0.1, 0.15) is 2.85 Å². The molecule has 1 aromatic heterocycles. The van der Waals surface area contributed by atoms with Crippen LogP contribution in [0.5, 0.6) is 5.75 Å². The number of carbonyl (C=O) groups excluding carboxylic acids is 1. The molecule has 19 heavy (non-hydrogen) atoms. The van der Waals surface area contributed by atoms with Gasteiger partial charge in [0.05, 0.1) is 18.5 Å². The third-order valence-electron chi connectivity index (χ3n) is 2.40. The van der Waals surface area contributed by atoms with E-state index in [1.54, 1.807) is 31.4 Å². The summed E-state index contributed by atoms with van der Waals surface area (Å²) < 4.78 is 5.14. The summed E-state index contributed by atoms with van der Waals surface area (Å²) in [5.41, 5.74) is 1.54. The molecule has 5 nitrogen and oxygen atoms in total. The number of amides is 2. The quantitative estimate of drug-likeness (QED) is 0.827. The number of hydrogen-bond acceptors (Lipinski definition) is 3. The molecular weight excluding hydrogens is 241 g/mol. The summed E-state index contributed by atoms with van der Waals surface area (Å²) in [4.78, 5) is 15.7. The Balaban J connectivity index is 0.00000200. The molecule has 0 saturated carbocycles. The second-order valence-electron chi connectivity index (χ2n) is 3.75. The molecule has 6 heteroatoms. The number of pyridine rings is 1. The van der Waals surface area contributed by atoms with Crippen LogP contribution in [-0.2, 0) is 0 Å². The van der Waals surface area contributed by atoms with Crippen molar-refractivity contribution >= 4 is 30.8 Å². The first-order valence-corrected chi connectivity index (χ1v) is 5.61. The van der Waals surface area contributed by atoms with Gasteiger partial charge in [-0.1, -0.05) is 12.1 Å². The van der Waals surface area contributed by atoms with Gasteiger partial charge in [0, 0.05) is 9.05 Å². The largest absolute Gasteiger partial charge is 0.495 e. The number of nitrogens with zero attached hydrogens (tertiary/aromatic N) is 1. The van der Waals surface area contributed by atoms with Gasteiger partial charge in [-0.25, -0.2) is 4.79 Å². The maximum absolute atomic E-state index is 11.8. The van der Waals surface area contributed by atoms with E-state index < -0.39 is 0 Å². The van der Waals surface area contributed by atoms with Crippen molar-refractivity contribution in [3.05, 3.63) is 42.6 Å². The van der Waals surface area contributed by atoms with Crippen molar-refractivity contribution in [2.45, 2.75) is 0 Å². The van der Waals surface area contributed by atoms with Gasteiger partial charge in [-0.05, 0) is 29.9 Å². The third kappa shape index (κ3) is 3.48. The van der Waals surface area contributed by atoms with Gasteiger partial charge >= 0.3 is 6.03 Å². The van der Waals surface area contributed by atoms with E-state index in [9.17, 15) is 4.79 Å². The van der Waals surface area contributed by atoms with Gasteiger partial charge in [-0.2, -0.15) is 0 Å². The van der Waals surface area contributed by atoms with E-state index in [2.05, 4.69) is 15.6 Å². The molecule has 0 bridgehead atoms. The van der Waals surface area contributed by atoms with Crippen LogP contribution in [0, 0.1) is 0 Å². The lowest BCUT2D eigenvalue weighted by Gasteiger charge is -2.10. The highest BCUT2D eigenvalue weighted by atomic mass is 16.5. The van der Waals surface area contributed by atoms with E-state index in [4.69, 9.17) is 12.6 Å². The van der Waals surface area contributed by atoms with Crippen molar-refractivity contribution in [2.24, 2.45) is 0 Å². The summed E-state index contributed by atoms with van der Waals surface area (Å²) in [7, 11) is 7.01. The first-order chi connectivity index (χ1) is 9.19. The Morgan fingerprint density at radius 3 is 2.74 bits per heavy atom. The Morgan fingerprint density at radius 1 is 1.26 bits per heavy atom. The normalized spacial score (nSPS) is 9.74. The number of anilines is 2. The first-order valence-electron chi connectivity index (χ1n) is 5.61. The molecule has 0 aliphatic heterocycles. The molecule has 0 saturated heterocycles. The molecule has 98 valence electrons. The van der Waals surface area contributed by atoms with Crippen LogP contribution in [-0.4, -0.2) is 26.0 Å². The summed E-state index contributed by atoms with van der Waals surface area (Å²) in [6.07, 6.45) is 1.48. The number of benzene rings is 1. The highest BCUT2D eigenvalue weighted by Gasteiger charge is 2.06. The van der Waals surface area contributed by atoms with E-state index >= 15 is 0 Å². The molecule has 0 spiro atoms. The van der Waals surface area contributed by atoms with Gasteiger partial charge in [0.15, 0.2) is 0 Å². The van der Waals surface area contributed by atoms with Gasteiger partial charge in [0.1, 0.15) is 13.6 Å². The summed E-state index contributed by atoms with van der Waals surface area (Å²) >= 11 is 0. The zero-order valence-electron chi connectivity index (χ0n) is 10.4. The van der Waals surface area contributed by atoms with Gasteiger partial charge in [0.25, 0.3) is 0 Å². The smallest absolute Gasteiger partial charge is 0.323 e. The average molecular weight is 257 g/mol. The first kappa shape index (κ1) is 12.9. The number of methoxy groups -OCH3 is 1. The Hall–Kier alpha value is -2.50. The molecule has 0 atom stereocenters. The van der Waals surface area contributed by atoms with Gasteiger partial charge in [0.2, 0.25) is 0 Å². The molecular formula is C13H16BN3O2. The monoisotopic (exact) mass is 257 g/mol. The number of hydrogen-bond donors (Lipinski definition) is 2. The Labute approximate surface area is 115 Å². The summed E-state index contributed by atoms with van der Waals surface area (Å²) in [5, 5.41) is 5.34. The average Bonchev–Trinajstić information content (AvgIpc) is 2.42. The van der Waals surface area contributed by atoms with Crippen LogP contribution >= 0.6 is 0 Å². The van der Waals surface area contributed by atoms with Crippen LogP contribution < -0.4 is 21.0 Å². The Kier molecular flexibility index (Phi) is 4.02. The van der Waals surface area contributed by atoms with Gasteiger partial charge < -0.3 is 15.4 Å². The van der Waals surface area contributed by atoms with Crippen molar-refractivity contribution in [1.82, 2.24) is 4.98 Å². The molecule has 2 radical (unpaired) electrons. The highest BCUT2D eigenvalue weighted by Crippen LogP contribution is 2.23. The predicted molar refractivity (Wildman–Crippen MR) is 79.5 cm³/mol.